The van der Waals surface area contributed by atoms with E-state index >= 15 is 0 Å². The fourth-order valence-electron chi connectivity index (χ4n) is 3.91. The Morgan fingerprint density at radius 1 is 0.885 bits per heavy atom. The molecule has 2 aliphatic rings. The lowest BCUT2D eigenvalue weighted by Crippen LogP contribution is -2.47. The van der Waals surface area contributed by atoms with Crippen molar-refractivity contribution in [3.05, 3.63) is 59.9 Å². The Bertz CT molecular complexity index is 786. The molecule has 2 aromatic rings. The van der Waals surface area contributed by atoms with Crippen LogP contribution in [0.4, 0.5) is 15.8 Å². The predicted octanol–water partition coefficient (Wildman–Crippen LogP) is 2.93. The monoisotopic (exact) mass is 353 g/mol. The first-order valence-electron chi connectivity index (χ1n) is 9.32. The Hall–Kier alpha value is -2.40. The number of carbonyl (C=O) groups is 1. The van der Waals surface area contributed by atoms with E-state index in [1.807, 2.05) is 35.2 Å². The molecule has 0 bridgehead atoms. The first kappa shape index (κ1) is 17.0. The third kappa shape index (κ3) is 3.44. The summed E-state index contributed by atoms with van der Waals surface area (Å²) in [6.45, 7) is 4.86. The number of amides is 1. The number of halogens is 1. The van der Waals surface area contributed by atoms with Gasteiger partial charge in [0.25, 0.3) is 0 Å². The number of anilines is 2. The number of hydrogen-bond donors (Lipinski definition) is 0. The number of rotatable bonds is 4. The SMILES string of the molecule is O=C(CCN1CCN(c2ccccc2F)CC1)N1CCc2ccccc21. The summed E-state index contributed by atoms with van der Waals surface area (Å²) in [5.74, 6) is 0.0373. The Morgan fingerprint density at radius 2 is 1.58 bits per heavy atom. The predicted molar refractivity (Wildman–Crippen MR) is 102 cm³/mol. The van der Waals surface area contributed by atoms with Gasteiger partial charge in [-0.3, -0.25) is 9.69 Å². The zero-order valence-electron chi connectivity index (χ0n) is 14.9. The number of benzene rings is 2. The second kappa shape index (κ2) is 7.46. The van der Waals surface area contributed by atoms with Crippen LogP contribution < -0.4 is 9.80 Å². The summed E-state index contributed by atoms with van der Waals surface area (Å²) in [5.41, 5.74) is 3.01. The van der Waals surface area contributed by atoms with E-state index in [1.165, 1.54) is 11.6 Å². The number of piperazine rings is 1. The normalized spacial score (nSPS) is 17.4. The Morgan fingerprint density at radius 3 is 2.35 bits per heavy atom. The van der Waals surface area contributed by atoms with Crippen LogP contribution in [0.5, 0.6) is 0 Å². The lowest BCUT2D eigenvalue weighted by atomic mass is 10.2. The number of hydrogen-bond acceptors (Lipinski definition) is 3. The fraction of sp³-hybridized carbons (Fsp3) is 0.381. The highest BCUT2D eigenvalue weighted by molar-refractivity contribution is 5.95. The third-order valence-corrected chi connectivity index (χ3v) is 5.40. The van der Waals surface area contributed by atoms with Crippen molar-refractivity contribution < 1.29 is 9.18 Å². The number of carbonyl (C=O) groups excluding carboxylic acids is 1. The zero-order valence-corrected chi connectivity index (χ0v) is 14.9. The standard InChI is InChI=1S/C21H24FN3O/c22-18-6-2-4-8-20(18)24-15-13-23(14-16-24)11-10-21(26)25-12-9-17-5-1-3-7-19(17)25/h1-8H,9-16H2. The topological polar surface area (TPSA) is 26.8 Å². The lowest BCUT2D eigenvalue weighted by molar-refractivity contribution is -0.118. The van der Waals surface area contributed by atoms with Crippen molar-refractivity contribution in [2.45, 2.75) is 12.8 Å². The van der Waals surface area contributed by atoms with E-state index in [2.05, 4.69) is 15.9 Å². The van der Waals surface area contributed by atoms with Gasteiger partial charge in [-0.05, 0) is 30.2 Å². The van der Waals surface area contributed by atoms with E-state index < -0.39 is 0 Å². The van der Waals surface area contributed by atoms with Gasteiger partial charge >= 0.3 is 0 Å². The maximum absolute atomic E-state index is 13.9. The van der Waals surface area contributed by atoms with Crippen molar-refractivity contribution in [2.75, 3.05) is 49.1 Å². The first-order chi connectivity index (χ1) is 12.7. The van der Waals surface area contributed by atoms with Crippen molar-refractivity contribution >= 4 is 17.3 Å². The second-order valence-electron chi connectivity index (χ2n) is 6.95. The maximum atomic E-state index is 13.9. The van der Waals surface area contributed by atoms with E-state index in [4.69, 9.17) is 0 Å². The zero-order chi connectivity index (χ0) is 17.9. The molecule has 26 heavy (non-hydrogen) atoms. The minimum absolute atomic E-state index is 0.163. The van der Waals surface area contributed by atoms with Gasteiger partial charge in [0, 0.05) is 51.4 Å². The van der Waals surface area contributed by atoms with Crippen LogP contribution in [0.2, 0.25) is 0 Å². The highest BCUT2D eigenvalue weighted by atomic mass is 19.1. The summed E-state index contributed by atoms with van der Waals surface area (Å²) in [4.78, 5) is 18.9. The van der Waals surface area contributed by atoms with Gasteiger partial charge < -0.3 is 9.80 Å². The molecule has 0 unspecified atom stereocenters. The molecule has 1 saturated heterocycles. The van der Waals surface area contributed by atoms with Crippen LogP contribution in [-0.4, -0.2) is 50.1 Å². The molecule has 136 valence electrons. The molecule has 1 fully saturated rings. The van der Waals surface area contributed by atoms with Gasteiger partial charge in [0.1, 0.15) is 5.82 Å². The summed E-state index contributed by atoms with van der Waals surface area (Å²) >= 11 is 0. The molecule has 2 aliphatic heterocycles. The highest BCUT2D eigenvalue weighted by Crippen LogP contribution is 2.28. The fourth-order valence-corrected chi connectivity index (χ4v) is 3.91. The Labute approximate surface area is 153 Å². The van der Waals surface area contributed by atoms with Gasteiger partial charge in [-0.15, -0.1) is 0 Å². The second-order valence-corrected chi connectivity index (χ2v) is 6.95. The van der Waals surface area contributed by atoms with Crippen LogP contribution >= 0.6 is 0 Å². The maximum Gasteiger partial charge on any atom is 0.228 e. The summed E-state index contributed by atoms with van der Waals surface area (Å²) in [6.07, 6.45) is 1.48. The number of fused-ring (bicyclic) bond motifs is 1. The van der Waals surface area contributed by atoms with Crippen LogP contribution in [0.25, 0.3) is 0 Å². The summed E-state index contributed by atoms with van der Waals surface area (Å²) in [5, 5.41) is 0. The third-order valence-electron chi connectivity index (χ3n) is 5.40. The molecule has 2 aromatic carbocycles. The van der Waals surface area contributed by atoms with Gasteiger partial charge in [-0.2, -0.15) is 0 Å². The molecule has 0 aliphatic carbocycles. The minimum atomic E-state index is -0.163. The molecule has 0 radical (unpaired) electrons. The lowest BCUT2D eigenvalue weighted by Gasteiger charge is -2.36. The van der Waals surface area contributed by atoms with Gasteiger partial charge in [0.15, 0.2) is 0 Å². The van der Waals surface area contributed by atoms with Crippen molar-refractivity contribution in [2.24, 2.45) is 0 Å². The van der Waals surface area contributed by atoms with Crippen LogP contribution in [0, 0.1) is 5.82 Å². The van der Waals surface area contributed by atoms with E-state index in [0.29, 0.717) is 12.1 Å². The Kier molecular flexibility index (Phi) is 4.89. The molecule has 0 aromatic heterocycles. The summed E-state index contributed by atoms with van der Waals surface area (Å²) in [7, 11) is 0. The van der Waals surface area contributed by atoms with Crippen LogP contribution in [0.3, 0.4) is 0 Å². The minimum Gasteiger partial charge on any atom is -0.367 e. The van der Waals surface area contributed by atoms with Crippen LogP contribution in [-0.2, 0) is 11.2 Å². The quantitative estimate of drug-likeness (QED) is 0.846. The van der Waals surface area contributed by atoms with E-state index in [0.717, 1.165) is 51.4 Å². The average molecular weight is 353 g/mol. The largest absolute Gasteiger partial charge is 0.367 e. The molecule has 0 spiro atoms. The molecular weight excluding hydrogens is 329 g/mol. The van der Waals surface area contributed by atoms with Gasteiger partial charge in [-0.25, -0.2) is 4.39 Å². The van der Waals surface area contributed by atoms with Gasteiger partial charge in [0.05, 0.1) is 5.69 Å². The molecule has 4 rings (SSSR count). The van der Waals surface area contributed by atoms with Crippen LogP contribution in [0.15, 0.2) is 48.5 Å². The average Bonchev–Trinajstić information content (AvgIpc) is 3.11. The van der Waals surface area contributed by atoms with Crippen molar-refractivity contribution in [3.8, 4) is 0 Å². The molecule has 1 amide bonds. The van der Waals surface area contributed by atoms with Gasteiger partial charge in [-0.1, -0.05) is 30.3 Å². The molecular formula is C21H24FN3O. The van der Waals surface area contributed by atoms with Crippen molar-refractivity contribution in [3.63, 3.8) is 0 Å². The molecule has 0 saturated carbocycles. The summed E-state index contributed by atoms with van der Waals surface area (Å²) < 4.78 is 13.9. The highest BCUT2D eigenvalue weighted by Gasteiger charge is 2.25. The van der Waals surface area contributed by atoms with Crippen molar-refractivity contribution in [1.29, 1.82) is 0 Å². The molecule has 5 heteroatoms. The van der Waals surface area contributed by atoms with Gasteiger partial charge in [0.2, 0.25) is 5.91 Å². The van der Waals surface area contributed by atoms with Crippen molar-refractivity contribution in [1.82, 2.24) is 4.90 Å². The number of para-hydroxylation sites is 2. The van der Waals surface area contributed by atoms with E-state index in [1.54, 1.807) is 6.07 Å². The molecule has 4 nitrogen and oxygen atoms in total. The van der Waals surface area contributed by atoms with E-state index in [-0.39, 0.29) is 11.7 Å². The molecule has 0 atom stereocenters. The molecule has 2 heterocycles. The van der Waals surface area contributed by atoms with Crippen LogP contribution in [0.1, 0.15) is 12.0 Å². The smallest absolute Gasteiger partial charge is 0.228 e. The first-order valence-corrected chi connectivity index (χ1v) is 9.32. The Balaban J connectivity index is 1.28. The van der Waals surface area contributed by atoms with E-state index in [9.17, 15) is 9.18 Å². The summed E-state index contributed by atoms with van der Waals surface area (Å²) in [6, 6.07) is 15.1. The molecule has 0 N–H and O–H groups in total. The number of nitrogens with zero attached hydrogens (tertiary/aromatic N) is 3.